The molecule has 0 aliphatic carbocycles. The molecule has 1 aromatic carbocycles. The van der Waals surface area contributed by atoms with E-state index in [0.717, 1.165) is 24.8 Å². The molecule has 2 aromatic rings. The Morgan fingerprint density at radius 3 is 2.71 bits per heavy atom. The van der Waals surface area contributed by atoms with Crippen LogP contribution in [0.4, 0.5) is 0 Å². The van der Waals surface area contributed by atoms with Gasteiger partial charge < -0.3 is 14.6 Å². The number of pyridine rings is 1. The number of aliphatic hydroxyl groups excluding tert-OH is 1. The van der Waals surface area contributed by atoms with Gasteiger partial charge in [-0.05, 0) is 30.2 Å². The van der Waals surface area contributed by atoms with Gasteiger partial charge in [-0.2, -0.15) is 0 Å². The van der Waals surface area contributed by atoms with Gasteiger partial charge in [0, 0.05) is 12.3 Å². The minimum absolute atomic E-state index is 0.470. The fraction of sp³-hybridized carbons (Fsp3) is 0.353. The monoisotopic (exact) mass is 287 g/mol. The number of nitrogens with zero attached hydrogens (tertiary/aromatic N) is 1. The topological polar surface area (TPSA) is 51.6 Å². The smallest absolute Gasteiger partial charge is 0.219 e. The maximum Gasteiger partial charge on any atom is 0.219 e. The minimum Gasteiger partial charge on any atom is -0.493 e. The average Bonchev–Trinajstić information content (AvgIpc) is 2.54. The van der Waals surface area contributed by atoms with Gasteiger partial charge in [-0.25, -0.2) is 4.98 Å². The fourth-order valence-corrected chi connectivity index (χ4v) is 2.06. The Morgan fingerprint density at radius 2 is 2.05 bits per heavy atom. The van der Waals surface area contributed by atoms with Gasteiger partial charge in [-0.1, -0.05) is 31.9 Å². The summed E-state index contributed by atoms with van der Waals surface area (Å²) in [5, 5.41) is 10.1. The van der Waals surface area contributed by atoms with Crippen LogP contribution in [0.1, 0.15) is 37.9 Å². The molecule has 0 aliphatic heterocycles. The molecule has 0 aliphatic rings. The van der Waals surface area contributed by atoms with E-state index in [0.29, 0.717) is 17.4 Å². The number of benzene rings is 1. The molecular formula is C17H21NO3. The van der Waals surface area contributed by atoms with Crippen LogP contribution in [-0.4, -0.2) is 17.2 Å². The molecule has 4 heteroatoms. The molecule has 1 atom stereocenters. The van der Waals surface area contributed by atoms with E-state index in [9.17, 15) is 5.11 Å². The minimum atomic E-state index is -0.470. The van der Waals surface area contributed by atoms with Gasteiger partial charge in [0.25, 0.3) is 0 Å². The molecule has 1 N–H and O–H groups in total. The fourth-order valence-electron chi connectivity index (χ4n) is 2.06. The van der Waals surface area contributed by atoms with Gasteiger partial charge in [0.05, 0.1) is 13.2 Å². The van der Waals surface area contributed by atoms with Crippen LogP contribution >= 0.6 is 0 Å². The second kappa shape index (κ2) is 7.64. The van der Waals surface area contributed by atoms with Crippen LogP contribution in [0.3, 0.4) is 0 Å². The normalized spacial score (nSPS) is 12.0. The van der Waals surface area contributed by atoms with Crippen molar-refractivity contribution in [3.63, 3.8) is 0 Å². The molecule has 0 saturated heterocycles. The van der Waals surface area contributed by atoms with Crippen molar-refractivity contribution in [2.75, 3.05) is 7.11 Å². The first-order valence-corrected chi connectivity index (χ1v) is 7.19. The van der Waals surface area contributed by atoms with Gasteiger partial charge >= 0.3 is 0 Å². The van der Waals surface area contributed by atoms with Gasteiger partial charge in [-0.3, -0.25) is 0 Å². The Kier molecular flexibility index (Phi) is 5.58. The maximum absolute atomic E-state index is 10.1. The van der Waals surface area contributed by atoms with Crippen molar-refractivity contribution in [1.82, 2.24) is 4.98 Å². The summed E-state index contributed by atoms with van der Waals surface area (Å²) >= 11 is 0. The predicted octanol–water partition coefficient (Wildman–Crippen LogP) is 4.11. The molecule has 1 unspecified atom stereocenters. The zero-order chi connectivity index (χ0) is 15.1. The summed E-state index contributed by atoms with van der Waals surface area (Å²) in [7, 11) is 1.59. The number of aliphatic hydroxyl groups is 1. The predicted molar refractivity (Wildman–Crippen MR) is 81.8 cm³/mol. The standard InChI is InChI=1S/C17H21NO3/c1-3-4-7-14(19)13-9-10-15(16(12-13)20-2)21-17-8-5-6-11-18-17/h5-6,8-12,14,19H,3-4,7H2,1-2H3. The molecule has 1 aromatic heterocycles. The van der Waals surface area contributed by atoms with Crippen molar-refractivity contribution in [2.24, 2.45) is 0 Å². The van der Waals surface area contributed by atoms with Crippen molar-refractivity contribution in [2.45, 2.75) is 32.3 Å². The molecule has 112 valence electrons. The Hall–Kier alpha value is -2.07. The largest absolute Gasteiger partial charge is 0.493 e. The molecule has 4 nitrogen and oxygen atoms in total. The van der Waals surface area contributed by atoms with Crippen molar-refractivity contribution in [1.29, 1.82) is 0 Å². The van der Waals surface area contributed by atoms with E-state index in [2.05, 4.69) is 11.9 Å². The van der Waals surface area contributed by atoms with Crippen LogP contribution in [-0.2, 0) is 0 Å². The van der Waals surface area contributed by atoms with E-state index < -0.39 is 6.10 Å². The van der Waals surface area contributed by atoms with E-state index >= 15 is 0 Å². The summed E-state index contributed by atoms with van der Waals surface area (Å²) in [6, 6.07) is 11.0. The molecule has 0 spiro atoms. The second-order valence-corrected chi connectivity index (χ2v) is 4.84. The first kappa shape index (κ1) is 15.3. The summed E-state index contributed by atoms with van der Waals surface area (Å²) in [5.74, 6) is 1.69. The first-order chi connectivity index (χ1) is 10.2. The van der Waals surface area contributed by atoms with Crippen LogP contribution in [0.25, 0.3) is 0 Å². The summed E-state index contributed by atoms with van der Waals surface area (Å²) in [5.41, 5.74) is 0.841. The maximum atomic E-state index is 10.1. The van der Waals surface area contributed by atoms with Gasteiger partial charge in [-0.15, -0.1) is 0 Å². The lowest BCUT2D eigenvalue weighted by Crippen LogP contribution is -1.99. The number of aromatic nitrogens is 1. The van der Waals surface area contributed by atoms with Crippen LogP contribution in [0.5, 0.6) is 17.4 Å². The van der Waals surface area contributed by atoms with Crippen LogP contribution in [0.2, 0.25) is 0 Å². The number of rotatable bonds is 7. The molecule has 0 amide bonds. The first-order valence-electron chi connectivity index (χ1n) is 7.19. The van der Waals surface area contributed by atoms with E-state index in [4.69, 9.17) is 9.47 Å². The van der Waals surface area contributed by atoms with E-state index in [-0.39, 0.29) is 0 Å². The highest BCUT2D eigenvalue weighted by Crippen LogP contribution is 2.34. The van der Waals surface area contributed by atoms with Crippen LogP contribution in [0, 0.1) is 0 Å². The van der Waals surface area contributed by atoms with E-state index in [1.165, 1.54) is 0 Å². The SMILES string of the molecule is CCCCC(O)c1ccc(Oc2ccccn2)c(OC)c1. The number of methoxy groups -OCH3 is 1. The lowest BCUT2D eigenvalue weighted by molar-refractivity contribution is 0.164. The van der Waals surface area contributed by atoms with Crippen LogP contribution in [0.15, 0.2) is 42.6 Å². The molecule has 0 bridgehead atoms. The average molecular weight is 287 g/mol. The highest BCUT2D eigenvalue weighted by atomic mass is 16.5. The summed E-state index contributed by atoms with van der Waals surface area (Å²) in [6.45, 7) is 2.11. The third-order valence-electron chi connectivity index (χ3n) is 3.26. The summed E-state index contributed by atoms with van der Waals surface area (Å²) in [4.78, 5) is 4.12. The highest BCUT2D eigenvalue weighted by Gasteiger charge is 2.12. The third-order valence-corrected chi connectivity index (χ3v) is 3.26. The summed E-state index contributed by atoms with van der Waals surface area (Å²) < 4.78 is 11.0. The van der Waals surface area contributed by atoms with E-state index in [1.54, 1.807) is 25.4 Å². The number of hydrogen-bond donors (Lipinski definition) is 1. The van der Waals surface area contributed by atoms with Crippen molar-refractivity contribution in [3.05, 3.63) is 48.2 Å². The molecule has 0 saturated carbocycles. The van der Waals surface area contributed by atoms with Crippen LogP contribution < -0.4 is 9.47 Å². The molecule has 1 heterocycles. The van der Waals surface area contributed by atoms with Crippen molar-refractivity contribution >= 4 is 0 Å². The highest BCUT2D eigenvalue weighted by molar-refractivity contribution is 5.45. The quantitative estimate of drug-likeness (QED) is 0.832. The molecule has 21 heavy (non-hydrogen) atoms. The molecule has 0 radical (unpaired) electrons. The van der Waals surface area contributed by atoms with Crippen molar-refractivity contribution in [3.8, 4) is 17.4 Å². The molecule has 0 fully saturated rings. The van der Waals surface area contributed by atoms with Crippen molar-refractivity contribution < 1.29 is 14.6 Å². The lowest BCUT2D eigenvalue weighted by atomic mass is 10.0. The molecular weight excluding hydrogens is 266 g/mol. The number of hydrogen-bond acceptors (Lipinski definition) is 4. The molecule has 2 rings (SSSR count). The summed E-state index contributed by atoms with van der Waals surface area (Å²) in [6.07, 6.45) is 4.01. The number of ether oxygens (including phenoxy) is 2. The van der Waals surface area contributed by atoms with Gasteiger partial charge in [0.2, 0.25) is 5.88 Å². The zero-order valence-corrected chi connectivity index (χ0v) is 12.5. The lowest BCUT2D eigenvalue weighted by Gasteiger charge is -2.14. The Morgan fingerprint density at radius 1 is 1.19 bits per heavy atom. The zero-order valence-electron chi connectivity index (χ0n) is 12.5. The Balaban J connectivity index is 2.16. The van der Waals surface area contributed by atoms with Gasteiger partial charge in [0.15, 0.2) is 11.5 Å². The van der Waals surface area contributed by atoms with Gasteiger partial charge in [0.1, 0.15) is 0 Å². The Bertz CT molecular complexity index is 557. The second-order valence-electron chi connectivity index (χ2n) is 4.84. The Labute approximate surface area is 125 Å². The number of unbranched alkanes of at least 4 members (excludes halogenated alkanes) is 1. The third kappa shape index (κ3) is 4.20. The van der Waals surface area contributed by atoms with E-state index in [1.807, 2.05) is 24.3 Å².